The fourth-order valence-corrected chi connectivity index (χ4v) is 3.15. The number of ether oxygens (including phenoxy) is 1. The van der Waals surface area contributed by atoms with Gasteiger partial charge in [0.1, 0.15) is 0 Å². The first-order chi connectivity index (χ1) is 8.49. The van der Waals surface area contributed by atoms with Crippen LogP contribution in [0.1, 0.15) is 47.9 Å². The lowest BCUT2D eigenvalue weighted by Gasteiger charge is -2.14. The largest absolute Gasteiger partial charge is 0.465 e. The summed E-state index contributed by atoms with van der Waals surface area (Å²) in [6.07, 6.45) is 2.85. The second-order valence-electron chi connectivity index (χ2n) is 4.36. The number of methoxy groups -OCH3 is 1. The molecule has 0 bridgehead atoms. The molecule has 0 spiro atoms. The summed E-state index contributed by atoms with van der Waals surface area (Å²) in [4.78, 5) is 11.8. The number of halogens is 1. The highest BCUT2D eigenvalue weighted by Gasteiger charge is 2.25. The van der Waals surface area contributed by atoms with Crippen LogP contribution in [-0.2, 0) is 11.3 Å². The van der Waals surface area contributed by atoms with E-state index < -0.39 is 0 Å². The van der Waals surface area contributed by atoms with Gasteiger partial charge in [0.15, 0.2) is 0 Å². The molecule has 4 heteroatoms. The number of carbonyl (C=O) groups is 1. The molecule has 3 nitrogen and oxygen atoms in total. The number of rotatable bonds is 5. The molecule has 0 amide bonds. The van der Waals surface area contributed by atoms with E-state index in [0.29, 0.717) is 18.0 Å². The van der Waals surface area contributed by atoms with E-state index in [1.165, 1.54) is 7.11 Å². The Hall–Kier alpha value is -1.03. The minimum atomic E-state index is -0.299. The molecule has 0 N–H and O–H groups in total. The fourth-order valence-electron chi connectivity index (χ4n) is 2.10. The lowest BCUT2D eigenvalue weighted by Crippen LogP contribution is -2.07. The summed E-state index contributed by atoms with van der Waals surface area (Å²) in [6, 6.07) is 0. The van der Waals surface area contributed by atoms with Gasteiger partial charge in [-0.3, -0.25) is 0 Å². The van der Waals surface area contributed by atoms with Gasteiger partial charge in [-0.15, -0.1) is 6.58 Å². The monoisotopic (exact) mass is 313 g/mol. The van der Waals surface area contributed by atoms with E-state index in [0.717, 1.165) is 22.3 Å². The molecule has 0 aliphatic carbocycles. The maximum absolute atomic E-state index is 11.8. The summed E-state index contributed by atoms with van der Waals surface area (Å²) in [5, 5.41) is 0. The van der Waals surface area contributed by atoms with Gasteiger partial charge < -0.3 is 9.30 Å². The van der Waals surface area contributed by atoms with E-state index in [1.54, 1.807) is 0 Å². The second-order valence-corrected chi connectivity index (χ2v) is 5.15. The molecule has 0 fully saturated rings. The van der Waals surface area contributed by atoms with Crippen LogP contribution < -0.4 is 0 Å². The van der Waals surface area contributed by atoms with Crippen molar-refractivity contribution in [1.82, 2.24) is 4.57 Å². The molecule has 0 aliphatic rings. The van der Waals surface area contributed by atoms with Gasteiger partial charge >= 0.3 is 5.97 Å². The number of esters is 1. The Morgan fingerprint density at radius 2 is 2.22 bits per heavy atom. The van der Waals surface area contributed by atoms with Crippen LogP contribution in [0.15, 0.2) is 17.1 Å². The van der Waals surface area contributed by atoms with Gasteiger partial charge in [0.25, 0.3) is 0 Å². The van der Waals surface area contributed by atoms with Gasteiger partial charge in [-0.05, 0) is 35.2 Å². The van der Waals surface area contributed by atoms with Crippen LogP contribution in [0.25, 0.3) is 0 Å². The van der Waals surface area contributed by atoms with Crippen LogP contribution in [0.4, 0.5) is 0 Å². The number of nitrogens with zero attached hydrogens (tertiary/aromatic N) is 1. The Labute approximate surface area is 117 Å². The summed E-state index contributed by atoms with van der Waals surface area (Å²) >= 11 is 3.55. The van der Waals surface area contributed by atoms with E-state index in [9.17, 15) is 4.79 Å². The van der Waals surface area contributed by atoms with Crippen molar-refractivity contribution in [1.29, 1.82) is 0 Å². The molecule has 100 valence electrons. The Kier molecular flexibility index (Phi) is 5.20. The molecule has 0 aliphatic heterocycles. The van der Waals surface area contributed by atoms with Crippen molar-refractivity contribution in [3.05, 3.63) is 34.1 Å². The van der Waals surface area contributed by atoms with Crippen LogP contribution in [0.5, 0.6) is 0 Å². The fraction of sp³-hybridized carbons (Fsp3) is 0.500. The van der Waals surface area contributed by atoms with E-state index in [2.05, 4.69) is 40.9 Å². The number of carbonyl (C=O) groups excluding carboxylic acids is 1. The molecule has 1 rings (SSSR count). The maximum atomic E-state index is 11.8. The van der Waals surface area contributed by atoms with Crippen molar-refractivity contribution in [2.24, 2.45) is 0 Å². The van der Waals surface area contributed by atoms with E-state index in [1.807, 2.05) is 13.0 Å². The van der Waals surface area contributed by atoms with Crippen LogP contribution in [-0.4, -0.2) is 17.6 Å². The molecule has 1 unspecified atom stereocenters. The molecular formula is C14H20BrNO2. The molecule has 1 heterocycles. The first-order valence-corrected chi connectivity index (χ1v) is 6.86. The minimum absolute atomic E-state index is 0.299. The quantitative estimate of drug-likeness (QED) is 0.606. The Balaban J connectivity index is 3.48. The van der Waals surface area contributed by atoms with E-state index in [4.69, 9.17) is 4.74 Å². The van der Waals surface area contributed by atoms with Gasteiger partial charge in [-0.1, -0.05) is 19.9 Å². The zero-order chi connectivity index (χ0) is 13.9. The molecule has 18 heavy (non-hydrogen) atoms. The first kappa shape index (κ1) is 15.0. The van der Waals surface area contributed by atoms with Gasteiger partial charge in [-0.25, -0.2) is 4.79 Å². The average molecular weight is 314 g/mol. The van der Waals surface area contributed by atoms with Gasteiger partial charge in [0, 0.05) is 17.9 Å². The summed E-state index contributed by atoms with van der Waals surface area (Å²) in [5.41, 5.74) is 2.67. The van der Waals surface area contributed by atoms with Crippen LogP contribution in [0, 0.1) is 6.92 Å². The standard InChI is InChI=1S/C14H20BrNO2/c1-6-8-16-10(4)11(14(17)18-5)12(15)13(16)9(3)7-2/h6,9H,1,7-8H2,2-5H3. The van der Waals surface area contributed by atoms with Crippen molar-refractivity contribution in [2.45, 2.75) is 39.7 Å². The molecule has 0 saturated heterocycles. The zero-order valence-electron chi connectivity index (χ0n) is 11.4. The topological polar surface area (TPSA) is 31.2 Å². The molecule has 1 aromatic rings. The van der Waals surface area contributed by atoms with E-state index in [-0.39, 0.29) is 5.97 Å². The molecule has 0 aromatic carbocycles. The number of allylic oxidation sites excluding steroid dienone is 1. The molecule has 0 radical (unpaired) electrons. The summed E-state index contributed by atoms with van der Waals surface area (Å²) in [6.45, 7) is 10.7. The zero-order valence-corrected chi connectivity index (χ0v) is 13.0. The number of hydrogen-bond donors (Lipinski definition) is 0. The first-order valence-electron chi connectivity index (χ1n) is 6.07. The van der Waals surface area contributed by atoms with Crippen LogP contribution in [0.3, 0.4) is 0 Å². The Bertz CT molecular complexity index is 463. The van der Waals surface area contributed by atoms with Crippen molar-refractivity contribution in [2.75, 3.05) is 7.11 Å². The Morgan fingerprint density at radius 1 is 1.61 bits per heavy atom. The third kappa shape index (κ3) is 2.53. The van der Waals surface area contributed by atoms with Gasteiger partial charge in [-0.2, -0.15) is 0 Å². The third-order valence-electron chi connectivity index (χ3n) is 3.28. The van der Waals surface area contributed by atoms with Gasteiger partial charge in [0.05, 0.1) is 17.1 Å². The van der Waals surface area contributed by atoms with Crippen molar-refractivity contribution >= 4 is 21.9 Å². The second kappa shape index (κ2) is 6.23. The third-order valence-corrected chi connectivity index (χ3v) is 4.08. The normalized spacial score (nSPS) is 12.3. The summed E-state index contributed by atoms with van der Waals surface area (Å²) in [5.74, 6) is 0.0724. The average Bonchev–Trinajstić information content (AvgIpc) is 2.60. The predicted molar refractivity (Wildman–Crippen MR) is 77.1 cm³/mol. The smallest absolute Gasteiger partial charge is 0.340 e. The molecule has 0 saturated carbocycles. The van der Waals surface area contributed by atoms with Crippen LogP contribution >= 0.6 is 15.9 Å². The lowest BCUT2D eigenvalue weighted by atomic mass is 10.0. The van der Waals surface area contributed by atoms with Crippen molar-refractivity contribution in [3.8, 4) is 0 Å². The Morgan fingerprint density at radius 3 is 2.67 bits per heavy atom. The van der Waals surface area contributed by atoms with Crippen molar-refractivity contribution < 1.29 is 9.53 Å². The summed E-state index contributed by atoms with van der Waals surface area (Å²) < 4.78 is 7.82. The highest BCUT2D eigenvalue weighted by Crippen LogP contribution is 2.35. The molecule has 1 atom stereocenters. The maximum Gasteiger partial charge on any atom is 0.340 e. The number of hydrogen-bond acceptors (Lipinski definition) is 2. The SMILES string of the molecule is C=CCn1c(C)c(C(=O)OC)c(Br)c1C(C)CC. The van der Waals surface area contributed by atoms with Gasteiger partial charge in [0.2, 0.25) is 0 Å². The predicted octanol–water partition coefficient (Wildman–Crippen LogP) is 4.05. The molecular weight excluding hydrogens is 294 g/mol. The minimum Gasteiger partial charge on any atom is -0.465 e. The number of aromatic nitrogens is 1. The summed E-state index contributed by atoms with van der Waals surface area (Å²) in [7, 11) is 1.40. The highest BCUT2D eigenvalue weighted by atomic mass is 79.9. The molecule has 1 aromatic heterocycles. The van der Waals surface area contributed by atoms with Crippen LogP contribution in [0.2, 0.25) is 0 Å². The highest BCUT2D eigenvalue weighted by molar-refractivity contribution is 9.10. The van der Waals surface area contributed by atoms with Crippen molar-refractivity contribution in [3.63, 3.8) is 0 Å². The van der Waals surface area contributed by atoms with E-state index >= 15 is 0 Å². The lowest BCUT2D eigenvalue weighted by molar-refractivity contribution is 0.0599.